The normalized spacial score (nSPS) is 9.71. The fourth-order valence-electron chi connectivity index (χ4n) is 0.956. The highest BCUT2D eigenvalue weighted by Gasteiger charge is 2.11. The minimum atomic E-state index is -0.941. The van der Waals surface area contributed by atoms with Gasteiger partial charge in [0.25, 0.3) is 0 Å². The maximum Gasteiger partial charge on any atom is 0.370 e. The Hall–Kier alpha value is -1.43. The topological polar surface area (TPSA) is 73.8 Å². The highest BCUT2D eigenvalue weighted by Crippen LogP contribution is 1.87. The van der Waals surface area contributed by atoms with Crippen LogP contribution in [0.3, 0.4) is 0 Å². The number of pyridine rings is 1. The summed E-state index contributed by atoms with van der Waals surface area (Å²) in [6, 6.07) is 5.09. The van der Waals surface area contributed by atoms with Crippen molar-refractivity contribution < 1.29 is 36.7 Å². The van der Waals surface area contributed by atoms with E-state index in [1.54, 1.807) is 24.4 Å². The second-order valence-electron chi connectivity index (χ2n) is 2.39. The van der Waals surface area contributed by atoms with Gasteiger partial charge in [-0.3, -0.25) is 0 Å². The fraction of sp³-hybridized carbons (Fsp3) is 0.125. The van der Waals surface area contributed by atoms with Gasteiger partial charge in [0.15, 0.2) is 6.20 Å². The maximum atomic E-state index is 10.4. The molecule has 1 aromatic rings. The van der Waals surface area contributed by atoms with Crippen LogP contribution in [0.15, 0.2) is 29.6 Å². The molecule has 0 fully saturated rings. The third-order valence-corrected chi connectivity index (χ3v) is 1.47. The number of oxime groups is 1. The molecule has 76 valence electrons. The Morgan fingerprint density at radius 1 is 1.57 bits per heavy atom. The van der Waals surface area contributed by atoms with E-state index < -0.39 is 5.97 Å². The van der Waals surface area contributed by atoms with Crippen LogP contribution in [0.25, 0.3) is 0 Å². The molecular formula is C8H9BrN2O3. The van der Waals surface area contributed by atoms with Crippen molar-refractivity contribution in [3.05, 3.63) is 30.1 Å². The van der Waals surface area contributed by atoms with E-state index in [0.717, 1.165) is 0 Å². The summed E-state index contributed by atoms with van der Waals surface area (Å²) in [5.74, 6) is -0.941. The van der Waals surface area contributed by atoms with E-state index in [0.29, 0.717) is 5.69 Å². The molecule has 0 atom stereocenters. The smallest absolute Gasteiger partial charge is 0.370 e. The predicted molar refractivity (Wildman–Crippen MR) is 43.7 cm³/mol. The Bertz CT molecular complexity index is 341. The lowest BCUT2D eigenvalue weighted by atomic mass is 10.3. The van der Waals surface area contributed by atoms with Gasteiger partial charge in [0.1, 0.15) is 6.21 Å². The molecule has 0 aliphatic heterocycles. The van der Waals surface area contributed by atoms with Crippen LogP contribution >= 0.6 is 0 Å². The molecule has 14 heavy (non-hydrogen) atoms. The molecule has 5 nitrogen and oxygen atoms in total. The number of rotatable bonds is 3. The zero-order valence-corrected chi connectivity index (χ0v) is 8.75. The SMILES string of the molecule is O=C(O)C[n+]1ccccc1C=NO.[Br-]. The largest absolute Gasteiger partial charge is 1.00 e. The van der Waals surface area contributed by atoms with E-state index in [4.69, 9.17) is 10.3 Å². The van der Waals surface area contributed by atoms with Gasteiger partial charge in [-0.15, -0.1) is 0 Å². The van der Waals surface area contributed by atoms with Gasteiger partial charge < -0.3 is 27.3 Å². The molecule has 0 spiro atoms. The average molecular weight is 261 g/mol. The van der Waals surface area contributed by atoms with Gasteiger partial charge in [0.2, 0.25) is 12.2 Å². The molecule has 0 unspecified atom stereocenters. The summed E-state index contributed by atoms with van der Waals surface area (Å²) < 4.78 is 1.46. The van der Waals surface area contributed by atoms with E-state index in [-0.39, 0.29) is 23.5 Å². The molecule has 0 aliphatic rings. The quantitative estimate of drug-likeness (QED) is 0.261. The Morgan fingerprint density at radius 2 is 2.29 bits per heavy atom. The van der Waals surface area contributed by atoms with Gasteiger partial charge in [-0.2, -0.15) is 4.57 Å². The van der Waals surface area contributed by atoms with Gasteiger partial charge in [0, 0.05) is 12.1 Å². The van der Waals surface area contributed by atoms with Crippen LogP contribution in [0, 0.1) is 0 Å². The first-order chi connectivity index (χ1) is 6.24. The Kier molecular flexibility index (Phi) is 5.47. The molecule has 0 bridgehead atoms. The van der Waals surface area contributed by atoms with Crippen LogP contribution < -0.4 is 21.5 Å². The van der Waals surface area contributed by atoms with Crippen molar-refractivity contribution in [2.24, 2.45) is 5.16 Å². The van der Waals surface area contributed by atoms with E-state index in [2.05, 4.69) is 5.16 Å². The number of carboxylic acid groups (broad SMARTS) is 1. The summed E-state index contributed by atoms with van der Waals surface area (Å²) in [4.78, 5) is 10.4. The van der Waals surface area contributed by atoms with Crippen LogP contribution in [0.2, 0.25) is 0 Å². The molecule has 0 amide bonds. The predicted octanol–water partition coefficient (Wildman–Crippen LogP) is -3.13. The first-order valence-electron chi connectivity index (χ1n) is 3.61. The molecule has 1 rings (SSSR count). The van der Waals surface area contributed by atoms with Crippen LogP contribution in [0.4, 0.5) is 0 Å². The molecule has 1 aromatic heterocycles. The minimum absolute atomic E-state index is 0. The summed E-state index contributed by atoms with van der Waals surface area (Å²) >= 11 is 0. The molecule has 0 saturated heterocycles. The van der Waals surface area contributed by atoms with E-state index in [1.807, 2.05) is 0 Å². The molecule has 0 saturated carbocycles. The molecule has 0 aliphatic carbocycles. The Morgan fingerprint density at radius 3 is 2.86 bits per heavy atom. The zero-order valence-electron chi connectivity index (χ0n) is 7.17. The van der Waals surface area contributed by atoms with E-state index >= 15 is 0 Å². The first-order valence-corrected chi connectivity index (χ1v) is 3.61. The Balaban J connectivity index is 0.00000169. The van der Waals surface area contributed by atoms with Crippen LogP contribution in [-0.4, -0.2) is 22.5 Å². The number of nitrogens with zero attached hydrogens (tertiary/aromatic N) is 2. The van der Waals surface area contributed by atoms with Gasteiger partial charge in [-0.25, -0.2) is 4.79 Å². The molecule has 0 radical (unpaired) electrons. The van der Waals surface area contributed by atoms with E-state index in [1.165, 1.54) is 10.8 Å². The minimum Gasteiger partial charge on any atom is -1.00 e. The summed E-state index contributed by atoms with van der Waals surface area (Å²) in [6.07, 6.45) is 2.79. The summed E-state index contributed by atoms with van der Waals surface area (Å²) in [5, 5.41) is 19.7. The highest BCUT2D eigenvalue weighted by atomic mass is 79.9. The fourth-order valence-corrected chi connectivity index (χ4v) is 0.956. The van der Waals surface area contributed by atoms with Gasteiger partial charge in [0.05, 0.1) is 0 Å². The van der Waals surface area contributed by atoms with Crippen molar-refractivity contribution in [2.75, 3.05) is 0 Å². The number of hydrogen-bond acceptors (Lipinski definition) is 3. The summed E-state index contributed by atoms with van der Waals surface area (Å²) in [6.45, 7) is -0.151. The number of carbonyl (C=O) groups is 1. The summed E-state index contributed by atoms with van der Waals surface area (Å²) in [5.41, 5.74) is 0.535. The van der Waals surface area contributed by atoms with Crippen LogP contribution in [0.1, 0.15) is 5.69 Å². The zero-order chi connectivity index (χ0) is 9.68. The van der Waals surface area contributed by atoms with Crippen molar-refractivity contribution in [2.45, 2.75) is 6.54 Å². The van der Waals surface area contributed by atoms with Crippen molar-refractivity contribution in [3.63, 3.8) is 0 Å². The van der Waals surface area contributed by atoms with Crippen molar-refractivity contribution in [3.8, 4) is 0 Å². The van der Waals surface area contributed by atoms with Crippen LogP contribution in [0.5, 0.6) is 0 Å². The Labute approximate surface area is 91.1 Å². The number of hydrogen-bond donors (Lipinski definition) is 2. The number of halogens is 1. The second kappa shape index (κ2) is 6.09. The van der Waals surface area contributed by atoms with Crippen LogP contribution in [-0.2, 0) is 11.3 Å². The van der Waals surface area contributed by atoms with Crippen molar-refractivity contribution in [1.82, 2.24) is 0 Å². The number of aliphatic carboxylic acids is 1. The number of carboxylic acids is 1. The molecule has 2 N–H and O–H groups in total. The lowest BCUT2D eigenvalue weighted by Crippen LogP contribution is -3.00. The number of aromatic nitrogens is 1. The lowest BCUT2D eigenvalue weighted by molar-refractivity contribution is -0.686. The lowest BCUT2D eigenvalue weighted by Gasteiger charge is -1.94. The third-order valence-electron chi connectivity index (χ3n) is 1.47. The maximum absolute atomic E-state index is 10.4. The average Bonchev–Trinajstić information content (AvgIpc) is 2.08. The van der Waals surface area contributed by atoms with Crippen molar-refractivity contribution >= 4 is 12.2 Å². The van der Waals surface area contributed by atoms with Gasteiger partial charge >= 0.3 is 5.97 Å². The van der Waals surface area contributed by atoms with Gasteiger partial charge in [-0.05, 0) is 6.07 Å². The molecular weight excluding hydrogens is 252 g/mol. The third kappa shape index (κ3) is 3.53. The monoisotopic (exact) mass is 260 g/mol. The van der Waals surface area contributed by atoms with Gasteiger partial charge in [-0.1, -0.05) is 5.16 Å². The molecule has 6 heteroatoms. The standard InChI is InChI=1S/C8H8N2O3.BrH/c11-8(12)6-10-4-2-1-3-7(10)5-9-13;/h1-5H,6H2,(H,11,12);1H. The highest BCUT2D eigenvalue weighted by molar-refractivity contribution is 5.74. The second-order valence-corrected chi connectivity index (χ2v) is 2.39. The first kappa shape index (κ1) is 12.6. The van der Waals surface area contributed by atoms with Crippen molar-refractivity contribution in [1.29, 1.82) is 0 Å². The molecule has 0 aromatic carbocycles. The molecule has 1 heterocycles. The summed E-state index contributed by atoms with van der Waals surface area (Å²) in [7, 11) is 0. The van der Waals surface area contributed by atoms with E-state index in [9.17, 15) is 4.79 Å².